The second-order valence-corrected chi connectivity index (χ2v) is 45.1. The molecule has 287 valence electrons. The number of rotatable bonds is 7. The Morgan fingerprint density at radius 3 is 1.23 bits per heavy atom. The quantitative estimate of drug-likeness (QED) is 0.173. The summed E-state index contributed by atoms with van der Waals surface area (Å²) in [6.07, 6.45) is 20.1. The van der Waals surface area contributed by atoms with Crippen molar-refractivity contribution < 1.29 is 10.2 Å². The molecule has 0 unspecified atom stereocenters. The Balaban J connectivity index is 1.73. The van der Waals surface area contributed by atoms with Crippen molar-refractivity contribution in [2.75, 3.05) is 22.9 Å². The zero-order valence-electron chi connectivity index (χ0n) is 33.0. The zero-order valence-corrected chi connectivity index (χ0v) is 37.3. The minimum atomic E-state index is -4.89. The third kappa shape index (κ3) is 6.77. The number of hydrogen-bond donors (Lipinski definition) is 0. The monoisotopic (exact) mass is 849 g/mol. The van der Waals surface area contributed by atoms with Gasteiger partial charge in [-0.3, -0.25) is 0 Å². The molecule has 2 nitrogen and oxygen atoms in total. The molecule has 0 atom stereocenters. The summed E-state index contributed by atoms with van der Waals surface area (Å²) in [6.45, 7) is 15.6. The average Bonchev–Trinajstić information content (AvgIpc) is 3.55. The minimum absolute atomic E-state index is 0.671. The van der Waals surface area contributed by atoms with E-state index in [0.717, 1.165) is 13.1 Å². The van der Waals surface area contributed by atoms with E-state index in [4.69, 9.17) is 0 Å². The van der Waals surface area contributed by atoms with Gasteiger partial charge >= 0.3 is 327 Å². The first-order chi connectivity index (χ1) is 24.9. The summed E-state index contributed by atoms with van der Waals surface area (Å²) in [5.74, 6) is 0. The summed E-state index contributed by atoms with van der Waals surface area (Å²) in [5, 5.41) is 0. The van der Waals surface area contributed by atoms with Gasteiger partial charge in [0.15, 0.2) is 0 Å². The Bertz CT molecular complexity index is 1760. The summed E-state index contributed by atoms with van der Waals surface area (Å²) >= 11 is 0. The maximum atomic E-state index is 9.55. The number of hydrogen-bond acceptors (Lipinski definition) is 2. The first-order valence-corrected chi connectivity index (χ1v) is 31.7. The van der Waals surface area contributed by atoms with Crippen molar-refractivity contribution in [1.29, 1.82) is 0 Å². The van der Waals surface area contributed by atoms with E-state index in [1.165, 1.54) is 151 Å². The van der Waals surface area contributed by atoms with E-state index in [1.807, 2.05) is 0 Å². The van der Waals surface area contributed by atoms with Gasteiger partial charge in [0.05, 0.1) is 0 Å². The molecule has 0 bridgehead atoms. The summed E-state index contributed by atoms with van der Waals surface area (Å²) in [5.41, 5.74) is 11.3. The van der Waals surface area contributed by atoms with Crippen molar-refractivity contribution in [3.8, 4) is 0 Å². The Morgan fingerprint density at radius 2 is 0.885 bits per heavy atom. The Hall–Kier alpha value is -1.37. The first kappa shape index (κ1) is 38.9. The van der Waals surface area contributed by atoms with Gasteiger partial charge in [0.1, 0.15) is 0 Å². The molecule has 3 saturated carbocycles. The van der Waals surface area contributed by atoms with Gasteiger partial charge in [0, 0.05) is 0 Å². The summed E-state index contributed by atoms with van der Waals surface area (Å²) in [7, 11) is 14.2. The SMILES string of the molecule is Cc1cc(C)c(N2CCN(c3c(C)cc(C)cc3C)[C]2=[Ru]([Cl])([Cl])(=[CH]c2ccccc2)[PH](C2CCCCC2)(C2CCCCC2)C2CCCCC2)c(C)c1. The predicted octanol–water partition coefficient (Wildman–Crippen LogP) is 13.5. The van der Waals surface area contributed by atoms with E-state index in [9.17, 15) is 19.4 Å². The summed E-state index contributed by atoms with van der Waals surface area (Å²) < 4.78 is 3.99. The van der Waals surface area contributed by atoms with E-state index in [1.54, 1.807) is 0 Å². The average molecular weight is 850 g/mol. The van der Waals surface area contributed by atoms with Crippen LogP contribution in [0.4, 0.5) is 11.4 Å². The van der Waals surface area contributed by atoms with Crippen molar-refractivity contribution in [3.05, 3.63) is 93.5 Å². The number of halogens is 2. The van der Waals surface area contributed by atoms with E-state index in [2.05, 4.69) is 111 Å². The van der Waals surface area contributed by atoms with E-state index < -0.39 is 15.8 Å². The van der Waals surface area contributed by atoms with Crippen LogP contribution < -0.4 is 9.80 Å². The molecule has 0 spiro atoms. The van der Waals surface area contributed by atoms with E-state index in [-0.39, 0.29) is 0 Å². The fourth-order valence-corrected chi connectivity index (χ4v) is 59.6. The van der Waals surface area contributed by atoms with Crippen molar-refractivity contribution in [3.63, 3.8) is 0 Å². The second-order valence-electron chi connectivity index (χ2n) is 17.1. The molecule has 0 N–H and O–H groups in total. The molecule has 0 radical (unpaired) electrons. The Morgan fingerprint density at radius 1 is 0.538 bits per heavy atom. The van der Waals surface area contributed by atoms with Crippen LogP contribution in [0.5, 0.6) is 0 Å². The molecular formula is C46H66Cl2N2PRu. The molecule has 0 aromatic heterocycles. The molecule has 3 aromatic rings. The molecule has 0 amide bonds. The molecule has 7 rings (SSSR count). The molecule has 1 saturated heterocycles. The standard InChI is InChI=1S/C21H26N2.C18H33P.C7H6.2ClH.Ru/c1-14-9-16(3)20(17(4)10-14)22-7-8-23(13-22)21-18(5)11-15(2)12-19(21)6;1-4-10-16(11-5-1)19(17-12-6-2-7-13-17)18-14-8-3-9-15-18;1-7-5-3-2-4-6-7;;;/h9-12H,7-8H2,1-6H3;16-18H,1-15H2;1-6H;2*1H;/q;;;;;+1/p-1. The molecule has 6 heteroatoms. The normalized spacial score (nSPS) is 21.3. The molecular weight excluding hydrogens is 783 g/mol. The van der Waals surface area contributed by atoms with Crippen LogP contribution in [0.1, 0.15) is 135 Å². The zero-order chi connectivity index (χ0) is 36.7. The Labute approximate surface area is 324 Å². The fourth-order valence-electron chi connectivity index (χ4n) is 11.9. The molecule has 3 aromatic carbocycles. The van der Waals surface area contributed by atoms with Crippen LogP contribution in [0.3, 0.4) is 0 Å². The van der Waals surface area contributed by atoms with Crippen molar-refractivity contribution in [2.45, 2.75) is 155 Å². The second kappa shape index (κ2) is 15.6. The topological polar surface area (TPSA) is 6.48 Å². The molecule has 1 aliphatic heterocycles. The van der Waals surface area contributed by atoms with Crippen molar-refractivity contribution >= 4 is 45.3 Å². The third-order valence-corrected chi connectivity index (χ3v) is 50.5. The Kier molecular flexibility index (Phi) is 11.7. The fraction of sp³-hybridized carbons (Fsp3) is 0.565. The van der Waals surface area contributed by atoms with Gasteiger partial charge in [-0.15, -0.1) is 0 Å². The van der Waals surface area contributed by atoms with Crippen LogP contribution in [0, 0.1) is 41.5 Å². The molecule has 3 aliphatic carbocycles. The van der Waals surface area contributed by atoms with E-state index >= 15 is 0 Å². The first-order valence-electron chi connectivity index (χ1n) is 20.7. The number of benzene rings is 3. The molecule has 52 heavy (non-hydrogen) atoms. The molecule has 4 aliphatic rings. The van der Waals surface area contributed by atoms with Gasteiger partial charge in [0.25, 0.3) is 0 Å². The molecule has 4 fully saturated rings. The van der Waals surface area contributed by atoms with Gasteiger partial charge in [-0.05, 0) is 0 Å². The van der Waals surface area contributed by atoms with Crippen LogP contribution in [0.15, 0.2) is 54.6 Å². The predicted molar refractivity (Wildman–Crippen MR) is 233 cm³/mol. The van der Waals surface area contributed by atoms with Crippen molar-refractivity contribution in [2.24, 2.45) is 0 Å². The number of aryl methyl sites for hydroxylation is 6. The van der Waals surface area contributed by atoms with Crippen LogP contribution >= 0.6 is 25.0 Å². The van der Waals surface area contributed by atoms with Crippen LogP contribution in [-0.4, -0.2) is 39.0 Å². The van der Waals surface area contributed by atoms with Gasteiger partial charge in [-0.25, -0.2) is 0 Å². The van der Waals surface area contributed by atoms with Crippen molar-refractivity contribution in [1.82, 2.24) is 0 Å². The maximum absolute atomic E-state index is 9.55. The van der Waals surface area contributed by atoms with Gasteiger partial charge in [0.2, 0.25) is 0 Å². The third-order valence-electron chi connectivity index (χ3n) is 13.4. The number of nitrogens with zero attached hydrogens (tertiary/aromatic N) is 2. The summed E-state index contributed by atoms with van der Waals surface area (Å²) in [4.78, 5) is 5.48. The van der Waals surface area contributed by atoms with E-state index in [0.29, 0.717) is 17.0 Å². The van der Waals surface area contributed by atoms with Gasteiger partial charge in [-0.2, -0.15) is 0 Å². The van der Waals surface area contributed by atoms with Gasteiger partial charge < -0.3 is 0 Å². The van der Waals surface area contributed by atoms with Crippen LogP contribution in [-0.2, 0) is 10.2 Å². The van der Waals surface area contributed by atoms with Crippen LogP contribution in [0.2, 0.25) is 0 Å². The van der Waals surface area contributed by atoms with Gasteiger partial charge in [-0.1, -0.05) is 0 Å². The summed E-state index contributed by atoms with van der Waals surface area (Å²) in [6, 6.07) is 20.8. The van der Waals surface area contributed by atoms with Crippen LogP contribution in [0.25, 0.3) is 0 Å². The number of anilines is 2. The molecule has 1 heterocycles.